The number of nitrogens with zero attached hydrogens (tertiary/aromatic N) is 1. The van der Waals surface area contributed by atoms with Gasteiger partial charge in [0.15, 0.2) is 0 Å². The quantitative estimate of drug-likeness (QED) is 0.160. The monoisotopic (exact) mass is 677 g/mol. The SMILES string of the molecule is C=C/C=C\C=C1/Cc2ccccc2-c2cc(-c3ccc4c(c3)c3cc5c(cc3n4-c3cccc(-c4ccccc4)c3)C(C)(C)c3ccccc3-5)ccc21. The summed E-state index contributed by atoms with van der Waals surface area (Å²) in [5.41, 5.74) is 20.5. The lowest BCUT2D eigenvalue weighted by molar-refractivity contribution is 0.661. The summed E-state index contributed by atoms with van der Waals surface area (Å²) in [5.74, 6) is 0. The molecule has 1 aromatic heterocycles. The number of rotatable bonds is 5. The van der Waals surface area contributed by atoms with Crippen molar-refractivity contribution in [3.05, 3.63) is 205 Å². The molecular formula is C52H39N. The van der Waals surface area contributed by atoms with Gasteiger partial charge < -0.3 is 4.57 Å². The summed E-state index contributed by atoms with van der Waals surface area (Å²) in [6, 6.07) is 56.5. The van der Waals surface area contributed by atoms with Gasteiger partial charge in [-0.05, 0) is 121 Å². The summed E-state index contributed by atoms with van der Waals surface area (Å²) in [5, 5.41) is 2.54. The van der Waals surface area contributed by atoms with Crippen LogP contribution < -0.4 is 0 Å². The molecule has 0 bridgehead atoms. The van der Waals surface area contributed by atoms with Crippen LogP contribution in [-0.4, -0.2) is 4.57 Å². The van der Waals surface area contributed by atoms with Crippen LogP contribution in [0.4, 0.5) is 0 Å². The van der Waals surface area contributed by atoms with Crippen LogP contribution in [0.15, 0.2) is 183 Å². The summed E-state index contributed by atoms with van der Waals surface area (Å²) in [4.78, 5) is 0. The Morgan fingerprint density at radius 1 is 0.509 bits per heavy atom. The second-order valence-electron chi connectivity index (χ2n) is 15.0. The van der Waals surface area contributed by atoms with Gasteiger partial charge in [0.1, 0.15) is 0 Å². The molecule has 1 heterocycles. The number of fused-ring (bicyclic) bond motifs is 9. The molecule has 0 aliphatic heterocycles. The number of aromatic nitrogens is 1. The van der Waals surface area contributed by atoms with Crippen LogP contribution in [0, 0.1) is 0 Å². The third-order valence-electron chi connectivity index (χ3n) is 11.6. The zero-order valence-electron chi connectivity index (χ0n) is 30.1. The smallest absolute Gasteiger partial charge is 0.0544 e. The lowest BCUT2D eigenvalue weighted by Crippen LogP contribution is -2.14. The second-order valence-corrected chi connectivity index (χ2v) is 15.0. The van der Waals surface area contributed by atoms with E-state index in [1.807, 2.05) is 12.2 Å². The third kappa shape index (κ3) is 4.92. The van der Waals surface area contributed by atoms with Gasteiger partial charge in [-0.15, -0.1) is 0 Å². The molecular weight excluding hydrogens is 639 g/mol. The minimum absolute atomic E-state index is 0.0906. The molecule has 0 saturated heterocycles. The van der Waals surface area contributed by atoms with Crippen LogP contribution in [-0.2, 0) is 11.8 Å². The summed E-state index contributed by atoms with van der Waals surface area (Å²) in [6.45, 7) is 8.60. The zero-order valence-corrected chi connectivity index (χ0v) is 30.1. The zero-order chi connectivity index (χ0) is 35.7. The van der Waals surface area contributed by atoms with Crippen LogP contribution in [0.25, 0.3) is 77.6 Å². The Bertz CT molecular complexity index is 2840. The van der Waals surface area contributed by atoms with Crippen LogP contribution >= 0.6 is 0 Å². The lowest BCUT2D eigenvalue weighted by atomic mass is 9.81. The predicted octanol–water partition coefficient (Wildman–Crippen LogP) is 13.8. The molecule has 7 aromatic carbocycles. The summed E-state index contributed by atoms with van der Waals surface area (Å²) < 4.78 is 2.48. The van der Waals surface area contributed by atoms with Crippen molar-refractivity contribution in [2.24, 2.45) is 0 Å². The molecule has 1 nitrogen and oxygen atoms in total. The van der Waals surface area contributed by atoms with E-state index in [4.69, 9.17) is 0 Å². The number of hydrogen-bond acceptors (Lipinski definition) is 0. The van der Waals surface area contributed by atoms with E-state index in [9.17, 15) is 0 Å². The molecule has 0 saturated carbocycles. The highest BCUT2D eigenvalue weighted by Crippen LogP contribution is 2.51. The van der Waals surface area contributed by atoms with Crippen molar-refractivity contribution in [3.63, 3.8) is 0 Å². The maximum absolute atomic E-state index is 3.86. The maximum atomic E-state index is 3.86. The van der Waals surface area contributed by atoms with E-state index < -0.39 is 0 Å². The van der Waals surface area contributed by atoms with Crippen molar-refractivity contribution in [2.45, 2.75) is 25.7 Å². The maximum Gasteiger partial charge on any atom is 0.0544 e. The molecule has 0 radical (unpaired) electrons. The van der Waals surface area contributed by atoms with E-state index in [2.05, 4.69) is 189 Å². The Morgan fingerprint density at radius 3 is 2.09 bits per heavy atom. The van der Waals surface area contributed by atoms with Crippen LogP contribution in [0.5, 0.6) is 0 Å². The van der Waals surface area contributed by atoms with Gasteiger partial charge in [0.25, 0.3) is 0 Å². The highest BCUT2D eigenvalue weighted by Gasteiger charge is 2.36. The minimum atomic E-state index is -0.0906. The minimum Gasteiger partial charge on any atom is -0.309 e. The van der Waals surface area contributed by atoms with Gasteiger partial charge in [0.2, 0.25) is 0 Å². The fourth-order valence-electron chi connectivity index (χ4n) is 8.99. The Hall–Kier alpha value is -6.44. The molecule has 10 rings (SSSR count). The molecule has 0 spiro atoms. The average Bonchev–Trinajstić information content (AvgIpc) is 3.64. The summed E-state index contributed by atoms with van der Waals surface area (Å²) in [7, 11) is 0. The van der Waals surface area contributed by atoms with Crippen LogP contribution in [0.2, 0.25) is 0 Å². The molecule has 8 aromatic rings. The van der Waals surface area contributed by atoms with Crippen molar-refractivity contribution in [1.29, 1.82) is 0 Å². The predicted molar refractivity (Wildman–Crippen MR) is 226 cm³/mol. The van der Waals surface area contributed by atoms with Gasteiger partial charge in [-0.2, -0.15) is 0 Å². The normalized spacial score (nSPS) is 14.7. The number of allylic oxidation sites excluding steroid dienone is 5. The standard InChI is InChI=1S/C52H39N/c1-4-5-7-17-39-28-38-18-10-11-21-41(38)44-30-36(24-26-42(39)44)37-25-27-50-46(31-37)47-32-45-43-22-12-13-23-48(43)52(2,3)49(45)33-51(47)53(50)40-20-14-19-35(29-40)34-15-8-6-9-16-34/h4-27,29-33H,1,28H2,2-3H3/b7-5-,39-17+. The second kappa shape index (κ2) is 12.1. The summed E-state index contributed by atoms with van der Waals surface area (Å²) >= 11 is 0. The summed E-state index contributed by atoms with van der Waals surface area (Å²) in [6.07, 6.45) is 9.09. The van der Waals surface area contributed by atoms with Gasteiger partial charge in [0.05, 0.1) is 11.0 Å². The van der Waals surface area contributed by atoms with E-state index >= 15 is 0 Å². The first-order chi connectivity index (χ1) is 26.0. The van der Waals surface area contributed by atoms with E-state index in [1.54, 1.807) is 0 Å². The third-order valence-corrected chi connectivity index (χ3v) is 11.6. The van der Waals surface area contributed by atoms with Crippen LogP contribution in [0.3, 0.4) is 0 Å². The molecule has 252 valence electrons. The first-order valence-electron chi connectivity index (χ1n) is 18.6. The molecule has 0 fully saturated rings. The topological polar surface area (TPSA) is 4.93 Å². The van der Waals surface area contributed by atoms with Gasteiger partial charge in [-0.1, -0.05) is 154 Å². The van der Waals surface area contributed by atoms with Gasteiger partial charge in [0, 0.05) is 21.9 Å². The van der Waals surface area contributed by atoms with E-state index in [-0.39, 0.29) is 5.41 Å². The van der Waals surface area contributed by atoms with Gasteiger partial charge >= 0.3 is 0 Å². The molecule has 53 heavy (non-hydrogen) atoms. The largest absolute Gasteiger partial charge is 0.309 e. The van der Waals surface area contributed by atoms with Gasteiger partial charge in [-0.3, -0.25) is 0 Å². The first-order valence-corrected chi connectivity index (χ1v) is 18.6. The van der Waals surface area contributed by atoms with Crippen molar-refractivity contribution in [2.75, 3.05) is 0 Å². The fourth-order valence-corrected chi connectivity index (χ4v) is 8.99. The first kappa shape index (κ1) is 31.3. The number of benzene rings is 7. The molecule has 1 heteroatoms. The molecule has 0 amide bonds. The van der Waals surface area contributed by atoms with Crippen molar-refractivity contribution >= 4 is 27.4 Å². The van der Waals surface area contributed by atoms with E-state index in [0.29, 0.717) is 0 Å². The average molecular weight is 678 g/mol. The molecule has 0 atom stereocenters. The fraction of sp³-hybridized carbons (Fsp3) is 0.0769. The lowest BCUT2D eigenvalue weighted by Gasteiger charge is -2.23. The van der Waals surface area contributed by atoms with E-state index in [0.717, 1.165) is 6.42 Å². The Morgan fingerprint density at radius 2 is 1.23 bits per heavy atom. The number of hydrogen-bond donors (Lipinski definition) is 0. The molecule has 0 unspecified atom stereocenters. The molecule has 2 aliphatic carbocycles. The van der Waals surface area contributed by atoms with Crippen LogP contribution in [0.1, 0.15) is 36.1 Å². The van der Waals surface area contributed by atoms with Crippen molar-refractivity contribution in [1.82, 2.24) is 4.57 Å². The van der Waals surface area contributed by atoms with Gasteiger partial charge in [-0.25, -0.2) is 0 Å². The highest BCUT2D eigenvalue weighted by molar-refractivity contribution is 6.13. The Balaban J connectivity index is 1.20. The Kier molecular flexibility index (Phi) is 7.13. The van der Waals surface area contributed by atoms with Crippen molar-refractivity contribution in [3.8, 4) is 50.2 Å². The van der Waals surface area contributed by atoms with Crippen molar-refractivity contribution < 1.29 is 0 Å². The van der Waals surface area contributed by atoms with E-state index in [1.165, 1.54) is 99.8 Å². The Labute approximate surface area is 311 Å². The molecule has 0 N–H and O–H groups in total. The molecule has 2 aliphatic rings. The highest BCUT2D eigenvalue weighted by atomic mass is 15.0.